The van der Waals surface area contributed by atoms with Gasteiger partial charge in [0.2, 0.25) is 0 Å². The van der Waals surface area contributed by atoms with E-state index < -0.39 is 0 Å². The highest BCUT2D eigenvalue weighted by molar-refractivity contribution is 14.1. The van der Waals surface area contributed by atoms with Crippen molar-refractivity contribution in [3.05, 3.63) is 57.6 Å². The second-order valence-electron chi connectivity index (χ2n) is 5.13. The van der Waals surface area contributed by atoms with Crippen LogP contribution in [0.25, 0.3) is 0 Å². The van der Waals surface area contributed by atoms with Gasteiger partial charge in [-0.25, -0.2) is 0 Å². The molecule has 0 atom stereocenters. The number of benzene rings is 1. The van der Waals surface area contributed by atoms with Gasteiger partial charge in [-0.15, -0.1) is 0 Å². The lowest BCUT2D eigenvalue weighted by Gasteiger charge is -2.34. The smallest absolute Gasteiger partial charge is 0.255 e. The molecule has 0 bridgehead atoms. The third-order valence-electron chi connectivity index (χ3n) is 3.72. The molecular formula is C16H17IN2O2. The van der Waals surface area contributed by atoms with Crippen LogP contribution in [0.15, 0.2) is 47.1 Å². The summed E-state index contributed by atoms with van der Waals surface area (Å²) in [7, 11) is 0. The van der Waals surface area contributed by atoms with E-state index in [1.54, 1.807) is 6.26 Å². The third-order valence-corrected chi connectivity index (χ3v) is 4.66. The topological polar surface area (TPSA) is 36.7 Å². The molecule has 1 saturated heterocycles. The molecule has 2 aromatic rings. The summed E-state index contributed by atoms with van der Waals surface area (Å²) in [6.45, 7) is 4.12. The Kier molecular flexibility index (Phi) is 4.60. The van der Waals surface area contributed by atoms with Gasteiger partial charge in [-0.3, -0.25) is 9.69 Å². The summed E-state index contributed by atoms with van der Waals surface area (Å²) in [4.78, 5) is 16.8. The van der Waals surface area contributed by atoms with Crippen molar-refractivity contribution in [2.45, 2.75) is 6.54 Å². The monoisotopic (exact) mass is 396 g/mol. The molecule has 1 aliphatic heterocycles. The SMILES string of the molecule is O=C(c1ccccc1I)N1CCN(Cc2ccco2)CC1. The van der Waals surface area contributed by atoms with E-state index in [0.29, 0.717) is 0 Å². The molecule has 0 radical (unpaired) electrons. The van der Waals surface area contributed by atoms with Crippen LogP contribution in [0.5, 0.6) is 0 Å². The maximum Gasteiger partial charge on any atom is 0.255 e. The maximum absolute atomic E-state index is 12.5. The number of furan rings is 1. The second-order valence-corrected chi connectivity index (χ2v) is 6.29. The third kappa shape index (κ3) is 3.47. The standard InChI is InChI=1S/C16H17IN2O2/c17-15-6-2-1-5-14(15)16(20)19-9-7-18(8-10-19)12-13-4-3-11-21-13/h1-6,11H,7-10,12H2. The van der Waals surface area contributed by atoms with Gasteiger partial charge in [0.1, 0.15) is 5.76 Å². The van der Waals surface area contributed by atoms with E-state index in [2.05, 4.69) is 27.5 Å². The summed E-state index contributed by atoms with van der Waals surface area (Å²) in [5.74, 6) is 1.12. The Labute approximate surface area is 137 Å². The molecule has 1 fully saturated rings. The van der Waals surface area contributed by atoms with Gasteiger partial charge >= 0.3 is 0 Å². The molecule has 21 heavy (non-hydrogen) atoms. The summed E-state index contributed by atoms with van der Waals surface area (Å²) in [5.41, 5.74) is 0.803. The zero-order valence-corrected chi connectivity index (χ0v) is 13.8. The van der Waals surface area contributed by atoms with E-state index in [4.69, 9.17) is 4.42 Å². The molecule has 1 aromatic carbocycles. The van der Waals surface area contributed by atoms with Crippen LogP contribution < -0.4 is 0 Å². The number of rotatable bonds is 3. The molecule has 110 valence electrons. The Balaban J connectivity index is 1.58. The van der Waals surface area contributed by atoms with Crippen molar-refractivity contribution in [2.75, 3.05) is 26.2 Å². The van der Waals surface area contributed by atoms with Crippen LogP contribution in [-0.4, -0.2) is 41.9 Å². The zero-order valence-electron chi connectivity index (χ0n) is 11.7. The highest BCUT2D eigenvalue weighted by Gasteiger charge is 2.23. The summed E-state index contributed by atoms with van der Waals surface area (Å²) in [5, 5.41) is 0. The highest BCUT2D eigenvalue weighted by atomic mass is 127. The van der Waals surface area contributed by atoms with E-state index in [1.807, 2.05) is 41.3 Å². The summed E-state index contributed by atoms with van der Waals surface area (Å²) in [6.07, 6.45) is 1.70. The molecule has 0 unspecified atom stereocenters. The predicted molar refractivity (Wildman–Crippen MR) is 89.0 cm³/mol. The van der Waals surface area contributed by atoms with Gasteiger partial charge in [-0.1, -0.05) is 12.1 Å². The minimum absolute atomic E-state index is 0.137. The van der Waals surface area contributed by atoms with Gasteiger partial charge in [-0.05, 0) is 46.9 Å². The fourth-order valence-corrected chi connectivity index (χ4v) is 3.16. The summed E-state index contributed by atoms with van der Waals surface area (Å²) >= 11 is 2.22. The number of nitrogens with zero attached hydrogens (tertiary/aromatic N) is 2. The van der Waals surface area contributed by atoms with Crippen molar-refractivity contribution in [1.29, 1.82) is 0 Å². The Morgan fingerprint density at radius 3 is 2.52 bits per heavy atom. The molecule has 0 N–H and O–H groups in total. The van der Waals surface area contributed by atoms with Crippen LogP contribution in [0, 0.1) is 3.57 Å². The minimum Gasteiger partial charge on any atom is -0.468 e. The van der Waals surface area contributed by atoms with Crippen molar-refractivity contribution in [2.24, 2.45) is 0 Å². The van der Waals surface area contributed by atoms with E-state index in [1.165, 1.54) is 0 Å². The Bertz CT molecular complexity index is 604. The van der Waals surface area contributed by atoms with E-state index in [0.717, 1.165) is 47.6 Å². The molecule has 4 nitrogen and oxygen atoms in total. The molecule has 1 aliphatic rings. The number of halogens is 1. The largest absolute Gasteiger partial charge is 0.468 e. The van der Waals surface area contributed by atoms with Crippen molar-refractivity contribution >= 4 is 28.5 Å². The Hall–Kier alpha value is -1.34. The Morgan fingerprint density at radius 2 is 1.86 bits per heavy atom. The fourth-order valence-electron chi connectivity index (χ4n) is 2.54. The first-order valence-electron chi connectivity index (χ1n) is 7.02. The number of hydrogen-bond acceptors (Lipinski definition) is 3. The molecular weight excluding hydrogens is 379 g/mol. The average molecular weight is 396 g/mol. The first kappa shape index (κ1) is 14.6. The predicted octanol–water partition coefficient (Wildman–Crippen LogP) is 2.84. The van der Waals surface area contributed by atoms with Crippen LogP contribution in [0.2, 0.25) is 0 Å². The van der Waals surface area contributed by atoms with Crippen molar-refractivity contribution in [3.63, 3.8) is 0 Å². The maximum atomic E-state index is 12.5. The lowest BCUT2D eigenvalue weighted by atomic mass is 10.2. The molecule has 3 rings (SSSR count). The van der Waals surface area contributed by atoms with Crippen LogP contribution in [0.4, 0.5) is 0 Å². The average Bonchev–Trinajstić information content (AvgIpc) is 3.01. The molecule has 1 aromatic heterocycles. The van der Waals surface area contributed by atoms with Crippen LogP contribution in [-0.2, 0) is 6.54 Å². The van der Waals surface area contributed by atoms with Gasteiger partial charge in [0, 0.05) is 29.7 Å². The van der Waals surface area contributed by atoms with Crippen molar-refractivity contribution in [3.8, 4) is 0 Å². The zero-order chi connectivity index (χ0) is 14.7. The molecule has 0 saturated carbocycles. The number of hydrogen-bond donors (Lipinski definition) is 0. The van der Waals surface area contributed by atoms with E-state index in [-0.39, 0.29) is 5.91 Å². The molecule has 5 heteroatoms. The van der Waals surface area contributed by atoms with Crippen molar-refractivity contribution in [1.82, 2.24) is 9.80 Å². The number of carbonyl (C=O) groups excluding carboxylic acids is 1. The van der Waals surface area contributed by atoms with Gasteiger partial charge in [0.15, 0.2) is 0 Å². The van der Waals surface area contributed by atoms with Gasteiger partial charge in [0.05, 0.1) is 18.4 Å². The number of carbonyl (C=O) groups is 1. The lowest BCUT2D eigenvalue weighted by molar-refractivity contribution is 0.0619. The van der Waals surface area contributed by atoms with Crippen LogP contribution >= 0.6 is 22.6 Å². The first-order valence-corrected chi connectivity index (χ1v) is 8.10. The quantitative estimate of drug-likeness (QED) is 0.749. The van der Waals surface area contributed by atoms with Gasteiger partial charge < -0.3 is 9.32 Å². The fraction of sp³-hybridized carbons (Fsp3) is 0.312. The minimum atomic E-state index is 0.137. The van der Waals surface area contributed by atoms with Gasteiger partial charge in [0.25, 0.3) is 5.91 Å². The van der Waals surface area contributed by atoms with Crippen LogP contribution in [0.3, 0.4) is 0 Å². The summed E-state index contributed by atoms with van der Waals surface area (Å²) in [6, 6.07) is 11.7. The molecule has 2 heterocycles. The molecule has 1 amide bonds. The number of piperazine rings is 1. The molecule has 0 spiro atoms. The lowest BCUT2D eigenvalue weighted by Crippen LogP contribution is -2.48. The first-order chi connectivity index (χ1) is 10.2. The Morgan fingerprint density at radius 1 is 1.10 bits per heavy atom. The number of amides is 1. The van der Waals surface area contributed by atoms with Gasteiger partial charge in [-0.2, -0.15) is 0 Å². The second kappa shape index (κ2) is 6.62. The van der Waals surface area contributed by atoms with E-state index in [9.17, 15) is 4.79 Å². The normalized spacial score (nSPS) is 16.1. The molecule has 0 aliphatic carbocycles. The van der Waals surface area contributed by atoms with E-state index >= 15 is 0 Å². The van der Waals surface area contributed by atoms with Crippen LogP contribution in [0.1, 0.15) is 16.1 Å². The van der Waals surface area contributed by atoms with Crippen molar-refractivity contribution < 1.29 is 9.21 Å². The highest BCUT2D eigenvalue weighted by Crippen LogP contribution is 2.16. The summed E-state index contributed by atoms with van der Waals surface area (Å²) < 4.78 is 6.38.